The monoisotopic (exact) mass is 652 g/mol. The maximum atomic E-state index is 10.3. The third kappa shape index (κ3) is 6.86. The van der Waals surface area contributed by atoms with Crippen molar-refractivity contribution in [1.29, 1.82) is 0 Å². The number of hydrogen-bond donors (Lipinski definition) is 1. The molecule has 7 atom stereocenters. The van der Waals surface area contributed by atoms with Gasteiger partial charge >= 0.3 is 0 Å². The van der Waals surface area contributed by atoms with Crippen LogP contribution in [0.3, 0.4) is 0 Å². The molecule has 1 saturated carbocycles. The van der Waals surface area contributed by atoms with Crippen LogP contribution in [0.15, 0.2) is 0 Å². The van der Waals surface area contributed by atoms with Gasteiger partial charge in [0.1, 0.15) is 0 Å². The Hall–Kier alpha value is 2.84. The molecule has 0 bridgehead atoms. The zero-order valence-corrected chi connectivity index (χ0v) is 19.8. The van der Waals surface area contributed by atoms with Crippen molar-refractivity contribution in [3.05, 3.63) is 0 Å². The van der Waals surface area contributed by atoms with Crippen molar-refractivity contribution < 1.29 is 5.11 Å². The molecule has 1 aliphatic carbocycles. The topological polar surface area (TPSA) is 20.2 Å². The minimum Gasteiger partial charge on any atom is -0.392 e. The predicted octanol–water partition coefficient (Wildman–Crippen LogP) is 5.89. The van der Waals surface area contributed by atoms with E-state index in [0.29, 0.717) is 14.5 Å². The maximum absolute atomic E-state index is 10.3. The van der Waals surface area contributed by atoms with Crippen LogP contribution in [-0.2, 0) is 0 Å². The smallest absolute Gasteiger partial charge is 0.0687 e. The molecule has 1 aliphatic rings. The fourth-order valence-electron chi connectivity index (χ4n) is 2.09. The van der Waals surface area contributed by atoms with Crippen molar-refractivity contribution in [2.75, 3.05) is 0 Å². The summed E-state index contributed by atoms with van der Waals surface area (Å²) in [7, 11) is 0. The zero-order valence-electron chi connectivity index (χ0n) is 10.3. The third-order valence-corrected chi connectivity index (χ3v) is 12.1. The van der Waals surface area contributed by atoms with Gasteiger partial charge in [-0.15, -0.1) is 0 Å². The molecule has 0 saturated heterocycles. The Morgan fingerprint density at radius 1 is 0.579 bits per heavy atom. The van der Waals surface area contributed by atoms with Gasteiger partial charge < -0.3 is 5.11 Å². The average Bonchev–Trinajstić information content (AvgIpc) is 2.38. The van der Waals surface area contributed by atoms with Crippen molar-refractivity contribution in [1.82, 2.24) is 0 Å². The summed E-state index contributed by atoms with van der Waals surface area (Å²) in [5.41, 5.74) is 0. The summed E-state index contributed by atoms with van der Waals surface area (Å²) in [6.07, 6.45) is 4.74. The quantitative estimate of drug-likeness (QED) is 0.323. The van der Waals surface area contributed by atoms with Gasteiger partial charge in [0.15, 0.2) is 0 Å². The lowest BCUT2D eigenvalue weighted by Gasteiger charge is -2.29. The second-order valence-electron chi connectivity index (χ2n) is 4.98. The van der Waals surface area contributed by atoms with Gasteiger partial charge in [-0.05, 0) is 32.1 Å². The molecule has 0 amide bonds. The molecule has 0 aliphatic heterocycles. The summed E-state index contributed by atoms with van der Waals surface area (Å²) < 4.78 is 0. The Bertz CT molecular complexity index is 267. The van der Waals surface area contributed by atoms with Crippen LogP contribution in [0, 0.1) is 0 Å². The Morgan fingerprint density at radius 3 is 1.42 bits per heavy atom. The lowest BCUT2D eigenvalue weighted by Crippen LogP contribution is -2.34. The molecule has 114 valence electrons. The highest BCUT2D eigenvalue weighted by atomic mass is 79.9. The lowest BCUT2D eigenvalue weighted by atomic mass is 9.99. The molecule has 0 radical (unpaired) electrons. The average molecular weight is 658 g/mol. The van der Waals surface area contributed by atoms with Crippen LogP contribution >= 0.6 is 95.6 Å². The van der Waals surface area contributed by atoms with Crippen LogP contribution in [0.5, 0.6) is 0 Å². The number of aliphatic hydroxyl groups is 1. The van der Waals surface area contributed by atoms with E-state index in [1.807, 2.05) is 0 Å². The van der Waals surface area contributed by atoms with Gasteiger partial charge in [0.2, 0.25) is 0 Å². The molecule has 7 heteroatoms. The summed E-state index contributed by atoms with van der Waals surface area (Å²) in [6.45, 7) is 0. The van der Waals surface area contributed by atoms with E-state index < -0.39 is 0 Å². The van der Waals surface area contributed by atoms with Crippen LogP contribution in [0.4, 0.5) is 0 Å². The van der Waals surface area contributed by atoms with Crippen molar-refractivity contribution >= 4 is 95.6 Å². The van der Waals surface area contributed by atoms with Gasteiger partial charge in [-0.2, -0.15) is 0 Å². The Kier molecular flexibility index (Phi) is 10.3. The van der Waals surface area contributed by atoms with Gasteiger partial charge in [-0.25, -0.2) is 0 Å². The van der Waals surface area contributed by atoms with Crippen LogP contribution < -0.4 is 0 Å². The first-order valence-electron chi connectivity index (χ1n) is 6.35. The molecule has 7 unspecified atom stereocenters. The fourth-order valence-corrected chi connectivity index (χ4v) is 5.37. The number of halogens is 6. The van der Waals surface area contributed by atoms with Gasteiger partial charge in [0.25, 0.3) is 0 Å². The molecule has 0 heterocycles. The molecule has 1 fully saturated rings. The third-order valence-electron chi connectivity index (χ3n) is 3.40. The lowest BCUT2D eigenvalue weighted by molar-refractivity contribution is 0.160. The maximum Gasteiger partial charge on any atom is 0.0687 e. The van der Waals surface area contributed by atoms with Gasteiger partial charge in [0.05, 0.1) is 10.9 Å². The molecule has 1 N–H and O–H groups in total. The first kappa shape index (κ1) is 19.9. The molecule has 1 rings (SSSR count). The highest BCUT2D eigenvalue weighted by Gasteiger charge is 2.30. The van der Waals surface area contributed by atoms with Crippen molar-refractivity contribution in [3.63, 3.8) is 0 Å². The van der Waals surface area contributed by atoms with E-state index in [-0.39, 0.29) is 20.6 Å². The zero-order chi connectivity index (χ0) is 14.6. The largest absolute Gasteiger partial charge is 0.392 e. The molecular weight excluding hydrogens is 640 g/mol. The van der Waals surface area contributed by atoms with Crippen LogP contribution in [0.2, 0.25) is 0 Å². The van der Waals surface area contributed by atoms with E-state index in [0.717, 1.165) is 32.1 Å². The highest BCUT2D eigenvalue weighted by molar-refractivity contribution is 9.13. The van der Waals surface area contributed by atoms with E-state index in [9.17, 15) is 5.11 Å². The summed E-state index contributed by atoms with van der Waals surface area (Å²) in [5, 5.41) is 10.3. The van der Waals surface area contributed by atoms with E-state index >= 15 is 0 Å². The fraction of sp³-hybridized carbons (Fsp3) is 1.00. The second-order valence-corrected chi connectivity index (χ2v) is 11.9. The van der Waals surface area contributed by atoms with E-state index in [4.69, 9.17) is 0 Å². The summed E-state index contributed by atoms with van der Waals surface area (Å²) in [4.78, 5) is 2.00. The standard InChI is InChI=1S/C12H18Br6O/c13-6-1-2-8(15)10(17)5-11(19)12(18)9(16)4-3-7(6)14/h6-12,19H,1-5H2. The molecular formula is C12H18Br6O. The molecule has 19 heavy (non-hydrogen) atoms. The van der Waals surface area contributed by atoms with E-state index in [1.165, 1.54) is 0 Å². The molecule has 0 aromatic carbocycles. The summed E-state index contributed by atoms with van der Waals surface area (Å²) >= 11 is 22.3. The van der Waals surface area contributed by atoms with Crippen LogP contribution in [-0.4, -0.2) is 40.2 Å². The Balaban J connectivity index is 2.72. The van der Waals surface area contributed by atoms with Gasteiger partial charge in [0, 0.05) is 24.1 Å². The Morgan fingerprint density at radius 2 is 0.947 bits per heavy atom. The van der Waals surface area contributed by atoms with Crippen LogP contribution in [0.1, 0.15) is 32.1 Å². The minimum absolute atomic E-state index is 0.0835. The first-order valence-corrected chi connectivity index (χ1v) is 11.8. The minimum atomic E-state index is -0.346. The SMILES string of the molecule is OC1CC(Br)C(Br)CCC(Br)C(Br)CCC(Br)C1Br. The Labute approximate surface area is 166 Å². The number of rotatable bonds is 0. The van der Waals surface area contributed by atoms with Crippen molar-refractivity contribution in [3.8, 4) is 0 Å². The second kappa shape index (κ2) is 9.86. The molecule has 0 aromatic heterocycles. The van der Waals surface area contributed by atoms with Crippen molar-refractivity contribution in [2.45, 2.75) is 67.2 Å². The summed E-state index contributed by atoms with van der Waals surface area (Å²) in [5.74, 6) is 0. The van der Waals surface area contributed by atoms with Gasteiger partial charge in [-0.3, -0.25) is 0 Å². The molecule has 0 aromatic rings. The highest BCUT2D eigenvalue weighted by Crippen LogP contribution is 2.34. The van der Waals surface area contributed by atoms with Crippen LogP contribution in [0.25, 0.3) is 0 Å². The number of hydrogen-bond acceptors (Lipinski definition) is 1. The van der Waals surface area contributed by atoms with Gasteiger partial charge in [-0.1, -0.05) is 95.6 Å². The first-order chi connectivity index (χ1) is 8.82. The molecule has 0 spiro atoms. The predicted molar refractivity (Wildman–Crippen MR) is 105 cm³/mol. The normalized spacial score (nSPS) is 47.2. The number of alkyl halides is 6. The van der Waals surface area contributed by atoms with E-state index in [2.05, 4.69) is 95.6 Å². The summed E-state index contributed by atoms with van der Waals surface area (Å²) in [6, 6.07) is 0. The van der Waals surface area contributed by atoms with Crippen molar-refractivity contribution in [2.24, 2.45) is 0 Å². The number of aliphatic hydroxyl groups excluding tert-OH is 1. The molecule has 1 nitrogen and oxygen atoms in total. The van der Waals surface area contributed by atoms with E-state index in [1.54, 1.807) is 0 Å².